The fraction of sp³-hybridized carbons (Fsp3) is 0. The maximum atomic E-state index is 6.84. The summed E-state index contributed by atoms with van der Waals surface area (Å²) in [4.78, 5) is 4.46. The Bertz CT molecular complexity index is 5310. The first-order valence-electron chi connectivity index (χ1n) is 27.0. The molecule has 0 radical (unpaired) electrons. The predicted octanol–water partition coefficient (Wildman–Crippen LogP) is 21.9. The Labute approximate surface area is 456 Å². The smallest absolute Gasteiger partial charge is 0.137 e. The van der Waals surface area contributed by atoms with Gasteiger partial charge < -0.3 is 40.7 Å². The van der Waals surface area contributed by atoms with Gasteiger partial charge in [-0.2, -0.15) is 0 Å². The first kappa shape index (κ1) is 42.9. The molecule has 0 unspecified atom stereocenters. The highest BCUT2D eigenvalue weighted by Gasteiger charge is 2.23. The quantitative estimate of drug-likeness (QED) is 0.161. The van der Waals surface area contributed by atoms with E-state index >= 15 is 0 Å². The van der Waals surface area contributed by atoms with Crippen LogP contribution in [0.25, 0.3) is 154 Å². The molecular weight excluding hydrogens is 1000 g/mol. The summed E-state index contributed by atoms with van der Waals surface area (Å²) in [6, 6.07) is 79.5. The third kappa shape index (κ3) is 6.19. The number of benzene rings is 12. The van der Waals surface area contributed by atoms with E-state index in [-0.39, 0.29) is 0 Å². The largest absolute Gasteiger partial charge is 0.456 e. The predicted molar refractivity (Wildman–Crippen MR) is 327 cm³/mol. The summed E-state index contributed by atoms with van der Waals surface area (Å²) in [5, 5.41) is 14.4. The number of rotatable bonds is 6. The van der Waals surface area contributed by atoms with Crippen molar-refractivity contribution < 1.29 is 30.9 Å². The lowest BCUT2D eigenvalue weighted by Crippen LogP contribution is -2.09. The van der Waals surface area contributed by atoms with Crippen molar-refractivity contribution in [2.45, 2.75) is 0 Å². The molecule has 0 fully saturated rings. The zero-order valence-corrected chi connectivity index (χ0v) is 42.7. The Morgan fingerprint density at radius 2 is 0.321 bits per heavy atom. The number of anilines is 6. The van der Waals surface area contributed by atoms with Gasteiger partial charge in [-0.1, -0.05) is 72.8 Å². The van der Waals surface area contributed by atoms with Crippen molar-refractivity contribution in [2.75, 3.05) is 9.80 Å². The molecule has 12 aromatic carbocycles. The van der Waals surface area contributed by atoms with Crippen LogP contribution in [0.4, 0.5) is 34.1 Å². The van der Waals surface area contributed by atoms with Crippen LogP contribution >= 0.6 is 0 Å². The van der Waals surface area contributed by atoms with Crippen molar-refractivity contribution in [3.05, 3.63) is 231 Å². The minimum absolute atomic E-state index is 0.749. The molecule has 0 spiro atoms. The summed E-state index contributed by atoms with van der Waals surface area (Å²) < 4.78 is 46.1. The van der Waals surface area contributed by atoms with Crippen LogP contribution in [0.15, 0.2) is 261 Å². The Kier molecular flexibility index (Phi) is 8.34. The molecular formula is C72H38N2O7. The third-order valence-corrected chi connectivity index (χ3v) is 16.6. The van der Waals surface area contributed by atoms with Crippen molar-refractivity contribution in [2.24, 2.45) is 0 Å². The standard InChI is InChI=1S/C72H38N2O7/c1-5-13-59-45(9-1)49-23-17-39(29-63(49)75-59)73(40-18-24-50-46-10-2-6-14-60(46)76-64(50)30-40)43-21-27-53-55-35-71-57(37-69(55)79-67(53)33-43)58-38-70-56(36-72(58)81-71)54-28-22-44(34-68(54)80-70)74(41-19-25-51-47-11-3-7-15-61(47)77-65(51)31-41)42-20-26-52-48-12-4-8-16-62(48)78-66(52)32-42/h1-38H. The molecule has 0 aliphatic carbocycles. The zero-order chi connectivity index (χ0) is 52.6. The molecule has 9 heteroatoms. The number of para-hydroxylation sites is 4. The molecule has 7 heterocycles. The Hall–Kier alpha value is -11.2. The fourth-order valence-corrected chi connectivity index (χ4v) is 12.9. The van der Waals surface area contributed by atoms with Gasteiger partial charge in [-0.25, -0.2) is 0 Å². The summed E-state index contributed by atoms with van der Waals surface area (Å²) in [6.45, 7) is 0. The number of fused-ring (bicyclic) bond motifs is 21. The average Bonchev–Trinajstić information content (AvgIpc) is 4.47. The summed E-state index contributed by atoms with van der Waals surface area (Å²) >= 11 is 0. The molecule has 9 nitrogen and oxygen atoms in total. The second-order valence-electron chi connectivity index (χ2n) is 21.1. The molecule has 0 atom stereocenters. The molecule has 0 N–H and O–H groups in total. The summed E-state index contributed by atoms with van der Waals surface area (Å²) in [6.07, 6.45) is 0. The Balaban J connectivity index is 0.725. The van der Waals surface area contributed by atoms with E-state index < -0.39 is 0 Å². The van der Waals surface area contributed by atoms with E-state index in [2.05, 4.69) is 168 Å². The van der Waals surface area contributed by atoms with Crippen LogP contribution in [0.2, 0.25) is 0 Å². The second kappa shape index (κ2) is 15.7. The molecule has 19 rings (SSSR count). The van der Waals surface area contributed by atoms with Gasteiger partial charge in [0.15, 0.2) is 0 Å². The van der Waals surface area contributed by atoms with Gasteiger partial charge >= 0.3 is 0 Å². The van der Waals surface area contributed by atoms with Gasteiger partial charge in [0.1, 0.15) is 78.2 Å². The third-order valence-electron chi connectivity index (χ3n) is 16.6. The molecule has 378 valence electrons. The lowest BCUT2D eigenvalue weighted by atomic mass is 10.1. The molecule has 0 aliphatic heterocycles. The van der Waals surface area contributed by atoms with Crippen LogP contribution in [0, 0.1) is 0 Å². The summed E-state index contributed by atoms with van der Waals surface area (Å²) in [5.74, 6) is 0. The summed E-state index contributed by atoms with van der Waals surface area (Å²) in [5.41, 5.74) is 16.7. The molecule has 19 aromatic rings. The van der Waals surface area contributed by atoms with Crippen molar-refractivity contribution in [3.8, 4) is 0 Å². The number of nitrogens with zero attached hydrogens (tertiary/aromatic N) is 2. The van der Waals surface area contributed by atoms with Crippen molar-refractivity contribution in [1.29, 1.82) is 0 Å². The van der Waals surface area contributed by atoms with Gasteiger partial charge in [0.05, 0.1) is 0 Å². The lowest BCUT2D eigenvalue weighted by molar-refractivity contribution is 0.662. The second-order valence-corrected chi connectivity index (χ2v) is 21.1. The molecule has 0 aliphatic rings. The van der Waals surface area contributed by atoms with E-state index in [1.807, 2.05) is 72.8 Å². The van der Waals surface area contributed by atoms with Gasteiger partial charge in [0.2, 0.25) is 0 Å². The molecule has 0 amide bonds. The Morgan fingerprint density at radius 3 is 0.568 bits per heavy atom. The number of furan rings is 7. The van der Waals surface area contributed by atoms with E-state index in [1.165, 1.54) is 0 Å². The minimum atomic E-state index is 0.749. The molecule has 81 heavy (non-hydrogen) atoms. The average molecular weight is 1040 g/mol. The van der Waals surface area contributed by atoms with Gasteiger partial charge in [0.25, 0.3) is 0 Å². The van der Waals surface area contributed by atoms with Gasteiger partial charge in [-0.15, -0.1) is 0 Å². The van der Waals surface area contributed by atoms with E-state index in [9.17, 15) is 0 Å². The highest BCUT2D eigenvalue weighted by molar-refractivity contribution is 6.19. The highest BCUT2D eigenvalue weighted by Crippen LogP contribution is 2.47. The molecule has 0 bridgehead atoms. The van der Waals surface area contributed by atoms with Gasteiger partial charge in [-0.05, 0) is 121 Å². The highest BCUT2D eigenvalue weighted by atomic mass is 16.4. The van der Waals surface area contributed by atoms with E-state index in [4.69, 9.17) is 30.9 Å². The van der Waals surface area contributed by atoms with Crippen LogP contribution < -0.4 is 9.80 Å². The van der Waals surface area contributed by atoms with Crippen molar-refractivity contribution in [1.82, 2.24) is 0 Å². The van der Waals surface area contributed by atoms with Crippen molar-refractivity contribution in [3.63, 3.8) is 0 Å². The van der Waals surface area contributed by atoms with Gasteiger partial charge in [0, 0.05) is 146 Å². The molecule has 7 aromatic heterocycles. The Morgan fingerprint density at radius 1 is 0.148 bits per heavy atom. The van der Waals surface area contributed by atoms with Crippen LogP contribution in [0.1, 0.15) is 0 Å². The first-order valence-corrected chi connectivity index (χ1v) is 27.0. The normalized spacial score (nSPS) is 12.4. The number of hydrogen-bond donors (Lipinski definition) is 0. The van der Waals surface area contributed by atoms with Crippen LogP contribution in [-0.2, 0) is 0 Å². The number of hydrogen-bond acceptors (Lipinski definition) is 9. The zero-order valence-electron chi connectivity index (χ0n) is 42.7. The fourth-order valence-electron chi connectivity index (χ4n) is 12.9. The SMILES string of the molecule is c1ccc2c(c1)oc1cc(N(c3ccc4c(c3)oc3ccccc34)c3ccc4c(c3)oc3cc5c(cc34)oc3cc4c(cc35)oc3cc(N(c5ccc6c(c5)oc5ccccc56)c5ccc6c(c5)oc5ccccc56)ccc34)ccc12. The van der Waals surface area contributed by atoms with Crippen LogP contribution in [0.3, 0.4) is 0 Å². The van der Waals surface area contributed by atoms with E-state index in [0.717, 1.165) is 188 Å². The minimum Gasteiger partial charge on any atom is -0.456 e. The van der Waals surface area contributed by atoms with Crippen LogP contribution in [-0.4, -0.2) is 0 Å². The molecule has 0 saturated carbocycles. The molecule has 0 saturated heterocycles. The van der Waals surface area contributed by atoms with E-state index in [0.29, 0.717) is 0 Å². The van der Waals surface area contributed by atoms with Crippen LogP contribution in [0.5, 0.6) is 0 Å². The van der Waals surface area contributed by atoms with E-state index in [1.54, 1.807) is 0 Å². The maximum Gasteiger partial charge on any atom is 0.137 e. The summed E-state index contributed by atoms with van der Waals surface area (Å²) in [7, 11) is 0. The topological polar surface area (TPSA) is 98.5 Å². The first-order chi connectivity index (χ1) is 40.0. The lowest BCUT2D eigenvalue weighted by Gasteiger charge is -2.25. The monoisotopic (exact) mass is 1040 g/mol. The van der Waals surface area contributed by atoms with Crippen molar-refractivity contribution >= 4 is 188 Å². The van der Waals surface area contributed by atoms with Gasteiger partial charge in [-0.3, -0.25) is 0 Å². The maximum absolute atomic E-state index is 6.84.